The Morgan fingerprint density at radius 2 is 2.12 bits per heavy atom. The standard InChI is InChI=1S/C17H21N3O4S/c1-25-10-8-14(16(23)18-9-4-7-15(21)22)20-11-19-13-6-3-2-5-12(13)17(20)24/h2-3,5-6,11,14H,4,7-10H2,1H3,(H,18,23)(H,21,22). The van der Waals surface area contributed by atoms with E-state index in [1.165, 1.54) is 10.9 Å². The van der Waals surface area contributed by atoms with E-state index in [0.717, 1.165) is 0 Å². The third-order valence-electron chi connectivity index (χ3n) is 3.79. The number of carboxylic acids is 1. The Kier molecular flexibility index (Phi) is 7.00. The monoisotopic (exact) mass is 363 g/mol. The molecule has 0 spiro atoms. The summed E-state index contributed by atoms with van der Waals surface area (Å²) in [6.45, 7) is 0.261. The van der Waals surface area contributed by atoms with Gasteiger partial charge in [-0.2, -0.15) is 11.8 Å². The lowest BCUT2D eigenvalue weighted by atomic mass is 10.1. The first kappa shape index (κ1) is 19.0. The lowest BCUT2D eigenvalue weighted by Crippen LogP contribution is -2.38. The molecule has 0 saturated carbocycles. The highest BCUT2D eigenvalue weighted by Gasteiger charge is 2.22. The number of aliphatic carboxylic acids is 1. The number of aromatic nitrogens is 2. The first-order chi connectivity index (χ1) is 12.0. The van der Waals surface area contributed by atoms with Crippen LogP contribution in [0.15, 0.2) is 35.4 Å². The molecule has 0 aliphatic heterocycles. The number of para-hydroxylation sites is 1. The summed E-state index contributed by atoms with van der Waals surface area (Å²) in [6, 6.07) is 6.35. The smallest absolute Gasteiger partial charge is 0.303 e. The van der Waals surface area contributed by atoms with Gasteiger partial charge in [-0.05, 0) is 37.0 Å². The first-order valence-corrected chi connectivity index (χ1v) is 9.38. The van der Waals surface area contributed by atoms with Crippen molar-refractivity contribution >= 4 is 34.5 Å². The summed E-state index contributed by atoms with van der Waals surface area (Å²) in [5.41, 5.74) is 0.339. The van der Waals surface area contributed by atoms with E-state index >= 15 is 0 Å². The number of nitrogens with zero attached hydrogens (tertiary/aromatic N) is 2. The summed E-state index contributed by atoms with van der Waals surface area (Å²) in [5.74, 6) is -0.478. The van der Waals surface area contributed by atoms with E-state index in [2.05, 4.69) is 10.3 Å². The highest BCUT2D eigenvalue weighted by Crippen LogP contribution is 2.15. The molecule has 1 atom stereocenters. The summed E-state index contributed by atoms with van der Waals surface area (Å²) >= 11 is 1.59. The van der Waals surface area contributed by atoms with E-state index in [1.54, 1.807) is 36.0 Å². The molecule has 1 aromatic heterocycles. The number of carbonyl (C=O) groups is 2. The molecule has 134 valence electrons. The van der Waals surface area contributed by atoms with E-state index in [0.29, 0.717) is 29.5 Å². The second-order valence-electron chi connectivity index (χ2n) is 5.56. The molecule has 0 bridgehead atoms. The van der Waals surface area contributed by atoms with Gasteiger partial charge in [0, 0.05) is 13.0 Å². The number of hydrogen-bond donors (Lipinski definition) is 2. The van der Waals surface area contributed by atoms with E-state index < -0.39 is 12.0 Å². The maximum absolute atomic E-state index is 12.7. The van der Waals surface area contributed by atoms with Crippen LogP contribution in [0.3, 0.4) is 0 Å². The zero-order chi connectivity index (χ0) is 18.2. The van der Waals surface area contributed by atoms with Gasteiger partial charge in [-0.15, -0.1) is 0 Å². The molecule has 1 heterocycles. The predicted molar refractivity (Wildman–Crippen MR) is 97.9 cm³/mol. The van der Waals surface area contributed by atoms with Gasteiger partial charge in [0.25, 0.3) is 5.56 Å². The molecule has 0 radical (unpaired) electrons. The van der Waals surface area contributed by atoms with E-state index in [1.807, 2.05) is 6.26 Å². The summed E-state index contributed by atoms with van der Waals surface area (Å²) in [4.78, 5) is 40.1. The number of hydrogen-bond acceptors (Lipinski definition) is 5. The van der Waals surface area contributed by atoms with Crippen LogP contribution in [0.25, 0.3) is 10.9 Å². The number of nitrogens with one attached hydrogen (secondary N) is 1. The van der Waals surface area contributed by atoms with Crippen LogP contribution in [0.2, 0.25) is 0 Å². The van der Waals surface area contributed by atoms with Gasteiger partial charge in [-0.1, -0.05) is 12.1 Å². The van der Waals surface area contributed by atoms with Gasteiger partial charge in [-0.25, -0.2) is 4.98 Å². The van der Waals surface area contributed by atoms with Crippen LogP contribution in [-0.4, -0.2) is 45.1 Å². The van der Waals surface area contributed by atoms with Crippen molar-refractivity contribution in [3.63, 3.8) is 0 Å². The van der Waals surface area contributed by atoms with Crippen LogP contribution in [0.4, 0.5) is 0 Å². The maximum atomic E-state index is 12.7. The molecule has 2 aromatic rings. The Hall–Kier alpha value is -2.35. The number of thioether (sulfide) groups is 1. The molecule has 8 heteroatoms. The third kappa shape index (κ3) is 5.06. The van der Waals surface area contributed by atoms with Crippen molar-refractivity contribution in [1.82, 2.24) is 14.9 Å². The topological polar surface area (TPSA) is 101 Å². The summed E-state index contributed by atoms with van der Waals surface area (Å²) in [6.07, 6.45) is 4.18. The van der Waals surface area contributed by atoms with Crippen molar-refractivity contribution in [2.75, 3.05) is 18.6 Å². The quantitative estimate of drug-likeness (QED) is 0.657. The Labute approximate surface area is 149 Å². The summed E-state index contributed by atoms with van der Waals surface area (Å²) in [5, 5.41) is 11.8. The molecule has 0 aliphatic carbocycles. The SMILES string of the molecule is CSCCC(C(=O)NCCCC(=O)O)n1cnc2ccccc2c1=O. The lowest BCUT2D eigenvalue weighted by Gasteiger charge is -2.19. The average molecular weight is 363 g/mol. The Morgan fingerprint density at radius 3 is 2.84 bits per heavy atom. The van der Waals surface area contributed by atoms with Gasteiger partial charge in [0.1, 0.15) is 6.04 Å². The number of amides is 1. The molecule has 0 saturated heterocycles. The molecule has 0 fully saturated rings. The largest absolute Gasteiger partial charge is 0.481 e. The molecular formula is C17H21N3O4S. The van der Waals surface area contributed by atoms with Gasteiger partial charge >= 0.3 is 5.97 Å². The Balaban J connectivity index is 2.21. The molecular weight excluding hydrogens is 342 g/mol. The van der Waals surface area contributed by atoms with Crippen LogP contribution in [0, 0.1) is 0 Å². The van der Waals surface area contributed by atoms with Crippen molar-refractivity contribution in [3.05, 3.63) is 40.9 Å². The highest BCUT2D eigenvalue weighted by atomic mass is 32.2. The van der Waals surface area contributed by atoms with Crippen LogP contribution >= 0.6 is 11.8 Å². The van der Waals surface area contributed by atoms with Crippen molar-refractivity contribution in [2.45, 2.75) is 25.3 Å². The summed E-state index contributed by atoms with van der Waals surface area (Å²) < 4.78 is 1.37. The van der Waals surface area contributed by atoms with Gasteiger partial charge in [0.2, 0.25) is 5.91 Å². The van der Waals surface area contributed by atoms with Crippen LogP contribution in [-0.2, 0) is 9.59 Å². The number of carbonyl (C=O) groups excluding carboxylic acids is 1. The van der Waals surface area contributed by atoms with E-state index in [4.69, 9.17) is 5.11 Å². The molecule has 7 nitrogen and oxygen atoms in total. The van der Waals surface area contributed by atoms with Crippen molar-refractivity contribution in [1.29, 1.82) is 0 Å². The number of benzene rings is 1. The minimum atomic E-state index is -0.900. The van der Waals surface area contributed by atoms with Crippen molar-refractivity contribution in [2.24, 2.45) is 0 Å². The molecule has 0 aliphatic rings. The third-order valence-corrected chi connectivity index (χ3v) is 4.43. The molecule has 25 heavy (non-hydrogen) atoms. The Bertz CT molecular complexity index is 806. The molecule has 2 N–H and O–H groups in total. The minimum absolute atomic E-state index is 0.00671. The molecule has 2 rings (SSSR count). The fraction of sp³-hybridized carbons (Fsp3) is 0.412. The van der Waals surface area contributed by atoms with Crippen molar-refractivity contribution < 1.29 is 14.7 Å². The second-order valence-corrected chi connectivity index (χ2v) is 6.55. The minimum Gasteiger partial charge on any atom is -0.481 e. The zero-order valence-electron chi connectivity index (χ0n) is 14.0. The molecule has 1 amide bonds. The fourth-order valence-corrected chi connectivity index (χ4v) is 2.96. The van der Waals surface area contributed by atoms with Crippen LogP contribution < -0.4 is 10.9 Å². The maximum Gasteiger partial charge on any atom is 0.303 e. The van der Waals surface area contributed by atoms with E-state index in [9.17, 15) is 14.4 Å². The first-order valence-electron chi connectivity index (χ1n) is 7.99. The molecule has 1 unspecified atom stereocenters. The normalized spacial score (nSPS) is 12.0. The van der Waals surface area contributed by atoms with Crippen LogP contribution in [0.1, 0.15) is 25.3 Å². The van der Waals surface area contributed by atoms with Gasteiger partial charge in [0.15, 0.2) is 0 Å². The lowest BCUT2D eigenvalue weighted by molar-refractivity contribution is -0.137. The summed E-state index contributed by atoms with van der Waals surface area (Å²) in [7, 11) is 0. The van der Waals surface area contributed by atoms with Crippen LogP contribution in [0.5, 0.6) is 0 Å². The van der Waals surface area contributed by atoms with Gasteiger partial charge in [-0.3, -0.25) is 19.0 Å². The van der Waals surface area contributed by atoms with E-state index in [-0.39, 0.29) is 24.4 Å². The van der Waals surface area contributed by atoms with Gasteiger partial charge < -0.3 is 10.4 Å². The Morgan fingerprint density at radius 1 is 1.36 bits per heavy atom. The highest BCUT2D eigenvalue weighted by molar-refractivity contribution is 7.98. The van der Waals surface area contributed by atoms with Gasteiger partial charge in [0.05, 0.1) is 17.2 Å². The van der Waals surface area contributed by atoms with Crippen molar-refractivity contribution in [3.8, 4) is 0 Å². The zero-order valence-corrected chi connectivity index (χ0v) is 14.8. The molecule has 1 aromatic carbocycles. The predicted octanol–water partition coefficient (Wildman–Crippen LogP) is 1.67. The number of carboxylic acid groups (broad SMARTS) is 1. The number of fused-ring (bicyclic) bond motifs is 1. The second kappa shape index (κ2) is 9.22. The number of rotatable bonds is 9. The average Bonchev–Trinajstić information content (AvgIpc) is 2.60. The fourth-order valence-electron chi connectivity index (χ4n) is 2.50.